The van der Waals surface area contributed by atoms with E-state index in [0.717, 1.165) is 28.2 Å². The zero-order chi connectivity index (χ0) is 14.0. The Morgan fingerprint density at radius 1 is 1.05 bits per heavy atom. The monoisotopic (exact) mass is 385 g/mol. The molecule has 0 N–H and O–H groups in total. The van der Waals surface area contributed by atoms with Gasteiger partial charge in [0.2, 0.25) is 0 Å². The van der Waals surface area contributed by atoms with Crippen LogP contribution in [0, 0.1) is 28.6 Å². The van der Waals surface area contributed by atoms with Gasteiger partial charge in [0.15, 0.2) is 0 Å². The van der Waals surface area contributed by atoms with E-state index in [0.29, 0.717) is 10.8 Å². The lowest BCUT2D eigenvalue weighted by Gasteiger charge is -2.57. The minimum absolute atomic E-state index is 0.478. The summed E-state index contributed by atoms with van der Waals surface area (Å²) in [5.41, 5.74) is 2.74. The molecule has 3 saturated carbocycles. The van der Waals surface area contributed by atoms with Gasteiger partial charge in [0.05, 0.1) is 0 Å². The summed E-state index contributed by atoms with van der Waals surface area (Å²) in [5.74, 6) is 2.98. The summed E-state index contributed by atoms with van der Waals surface area (Å²) < 4.78 is 0.931. The Kier molecular flexibility index (Phi) is 3.29. The SMILES string of the molecule is C[C@]12CCCN=C1CC[C@@H]1[C@@H]2CC[C@]2(C)C(I)CC[C@@H]12. The average molecular weight is 385 g/mol. The Morgan fingerprint density at radius 2 is 1.90 bits per heavy atom. The molecule has 112 valence electrons. The van der Waals surface area contributed by atoms with Gasteiger partial charge in [-0.3, -0.25) is 4.99 Å². The fourth-order valence-electron chi connectivity index (χ4n) is 6.47. The van der Waals surface area contributed by atoms with Gasteiger partial charge in [-0.2, -0.15) is 0 Å². The second-order valence-electron chi connectivity index (χ2n) is 8.35. The van der Waals surface area contributed by atoms with Crippen molar-refractivity contribution in [3.8, 4) is 0 Å². The molecule has 0 spiro atoms. The molecule has 0 bridgehead atoms. The first-order valence-electron chi connectivity index (χ1n) is 8.73. The molecule has 0 radical (unpaired) electrons. The Balaban J connectivity index is 1.68. The highest BCUT2D eigenvalue weighted by Crippen LogP contribution is 2.64. The van der Waals surface area contributed by atoms with E-state index in [2.05, 4.69) is 36.4 Å². The van der Waals surface area contributed by atoms with Crippen molar-refractivity contribution in [2.75, 3.05) is 6.54 Å². The number of nitrogens with zero attached hydrogens (tertiary/aromatic N) is 1. The number of aliphatic imine (C=N–C) groups is 1. The third-order valence-electron chi connectivity index (χ3n) is 7.67. The van der Waals surface area contributed by atoms with Crippen molar-refractivity contribution in [1.82, 2.24) is 0 Å². The predicted octanol–water partition coefficient (Wildman–Crippen LogP) is 5.27. The largest absolute Gasteiger partial charge is 0.294 e. The summed E-state index contributed by atoms with van der Waals surface area (Å²) in [6.07, 6.45) is 11.5. The summed E-state index contributed by atoms with van der Waals surface area (Å²) in [6.45, 7) is 6.30. The maximum atomic E-state index is 4.95. The molecular weight excluding hydrogens is 357 g/mol. The van der Waals surface area contributed by atoms with Crippen molar-refractivity contribution in [2.45, 2.75) is 69.1 Å². The fourth-order valence-corrected chi connectivity index (χ4v) is 7.60. The highest BCUT2D eigenvalue weighted by Gasteiger charge is 2.58. The molecule has 0 amide bonds. The van der Waals surface area contributed by atoms with Crippen LogP contribution in [0.1, 0.15) is 65.2 Å². The Hall–Kier alpha value is 0.400. The van der Waals surface area contributed by atoms with Gasteiger partial charge in [-0.25, -0.2) is 0 Å². The van der Waals surface area contributed by atoms with E-state index in [9.17, 15) is 0 Å². The van der Waals surface area contributed by atoms with E-state index in [1.165, 1.54) is 51.4 Å². The van der Waals surface area contributed by atoms with Gasteiger partial charge >= 0.3 is 0 Å². The summed E-state index contributed by atoms with van der Waals surface area (Å²) in [7, 11) is 0. The third kappa shape index (κ3) is 1.75. The minimum Gasteiger partial charge on any atom is -0.294 e. The number of hydrogen-bond donors (Lipinski definition) is 0. The topological polar surface area (TPSA) is 12.4 Å². The van der Waals surface area contributed by atoms with Gasteiger partial charge < -0.3 is 0 Å². The first-order chi connectivity index (χ1) is 9.56. The number of halogens is 1. The standard InChI is InChI=1S/C18H28IN/c1-17-10-8-14-12(13(17)5-6-15(17)19)4-7-16-18(14,2)9-3-11-20-16/h12-15H,3-11H2,1-2H3/t12-,13-,14-,15?,17-,18+/m0/s1. The van der Waals surface area contributed by atoms with Gasteiger partial charge in [0.25, 0.3) is 0 Å². The summed E-state index contributed by atoms with van der Waals surface area (Å²) in [5, 5.41) is 0. The van der Waals surface area contributed by atoms with Crippen molar-refractivity contribution in [3.05, 3.63) is 0 Å². The van der Waals surface area contributed by atoms with Crippen LogP contribution in [0.4, 0.5) is 0 Å². The molecular formula is C18H28IN. The van der Waals surface area contributed by atoms with Crippen LogP contribution in [0.5, 0.6) is 0 Å². The molecule has 0 aromatic heterocycles. The maximum Gasteiger partial charge on any atom is 0.0389 e. The Morgan fingerprint density at radius 3 is 2.75 bits per heavy atom. The van der Waals surface area contributed by atoms with E-state index in [-0.39, 0.29) is 0 Å². The molecule has 0 aromatic rings. The first kappa shape index (κ1) is 14.0. The van der Waals surface area contributed by atoms with E-state index in [1.807, 2.05) is 0 Å². The van der Waals surface area contributed by atoms with Crippen LogP contribution < -0.4 is 0 Å². The molecule has 1 nitrogen and oxygen atoms in total. The van der Waals surface area contributed by atoms with E-state index < -0.39 is 0 Å². The average Bonchev–Trinajstić information content (AvgIpc) is 2.74. The molecule has 4 rings (SSSR count). The fraction of sp³-hybridized carbons (Fsp3) is 0.944. The first-order valence-corrected chi connectivity index (χ1v) is 9.98. The molecule has 6 atom stereocenters. The van der Waals surface area contributed by atoms with Gasteiger partial charge in [-0.1, -0.05) is 36.4 Å². The Labute approximate surface area is 137 Å². The molecule has 1 aliphatic heterocycles. The van der Waals surface area contributed by atoms with Gasteiger partial charge in [0.1, 0.15) is 0 Å². The molecule has 2 heteroatoms. The predicted molar refractivity (Wildman–Crippen MR) is 93.7 cm³/mol. The number of hydrogen-bond acceptors (Lipinski definition) is 1. The van der Waals surface area contributed by atoms with Crippen LogP contribution >= 0.6 is 22.6 Å². The van der Waals surface area contributed by atoms with Crippen LogP contribution in [-0.4, -0.2) is 16.2 Å². The lowest BCUT2D eigenvalue weighted by molar-refractivity contribution is -0.0147. The second-order valence-corrected chi connectivity index (χ2v) is 9.86. The smallest absolute Gasteiger partial charge is 0.0389 e. The normalized spacial score (nSPS) is 54.6. The molecule has 20 heavy (non-hydrogen) atoms. The molecule has 1 unspecified atom stereocenters. The summed E-state index contributed by atoms with van der Waals surface area (Å²) in [4.78, 5) is 4.95. The summed E-state index contributed by atoms with van der Waals surface area (Å²) >= 11 is 2.76. The van der Waals surface area contributed by atoms with E-state index >= 15 is 0 Å². The lowest BCUT2D eigenvalue weighted by atomic mass is 9.49. The van der Waals surface area contributed by atoms with Crippen molar-refractivity contribution in [2.24, 2.45) is 33.6 Å². The molecule has 3 fully saturated rings. The van der Waals surface area contributed by atoms with Crippen LogP contribution in [0.2, 0.25) is 0 Å². The van der Waals surface area contributed by atoms with Crippen molar-refractivity contribution >= 4 is 28.3 Å². The van der Waals surface area contributed by atoms with Crippen LogP contribution in [0.3, 0.4) is 0 Å². The molecule has 0 aromatic carbocycles. The highest BCUT2D eigenvalue weighted by atomic mass is 127. The van der Waals surface area contributed by atoms with Crippen molar-refractivity contribution in [3.63, 3.8) is 0 Å². The molecule has 1 heterocycles. The van der Waals surface area contributed by atoms with Gasteiger partial charge in [-0.15, -0.1) is 0 Å². The Bertz CT molecular complexity index is 445. The molecule has 3 aliphatic carbocycles. The highest BCUT2D eigenvalue weighted by molar-refractivity contribution is 14.1. The van der Waals surface area contributed by atoms with Crippen molar-refractivity contribution in [1.29, 1.82) is 0 Å². The molecule has 0 saturated heterocycles. The minimum atomic E-state index is 0.478. The van der Waals surface area contributed by atoms with Gasteiger partial charge in [-0.05, 0) is 74.5 Å². The number of rotatable bonds is 0. The third-order valence-corrected chi connectivity index (χ3v) is 9.72. The quantitative estimate of drug-likeness (QED) is 0.398. The second kappa shape index (κ2) is 4.70. The van der Waals surface area contributed by atoms with Crippen molar-refractivity contribution < 1.29 is 0 Å². The summed E-state index contributed by atoms with van der Waals surface area (Å²) in [6, 6.07) is 0. The lowest BCUT2D eigenvalue weighted by Crippen LogP contribution is -2.53. The van der Waals surface area contributed by atoms with Crippen LogP contribution in [0.15, 0.2) is 4.99 Å². The van der Waals surface area contributed by atoms with E-state index in [4.69, 9.17) is 4.99 Å². The zero-order valence-electron chi connectivity index (χ0n) is 13.0. The molecule has 4 aliphatic rings. The van der Waals surface area contributed by atoms with Crippen LogP contribution in [0.25, 0.3) is 0 Å². The zero-order valence-corrected chi connectivity index (χ0v) is 15.2. The number of fused-ring (bicyclic) bond motifs is 5. The van der Waals surface area contributed by atoms with E-state index in [1.54, 1.807) is 5.71 Å². The van der Waals surface area contributed by atoms with Crippen LogP contribution in [-0.2, 0) is 0 Å². The van der Waals surface area contributed by atoms with Gasteiger partial charge in [0, 0.05) is 21.6 Å². The number of alkyl halides is 1. The maximum absolute atomic E-state index is 4.95.